The molecule has 0 aromatic carbocycles. The van der Waals surface area contributed by atoms with Gasteiger partial charge >= 0.3 is 0 Å². The molecule has 3 unspecified atom stereocenters. The second kappa shape index (κ2) is 5.58. The first kappa shape index (κ1) is 14.6. The normalized spacial score (nSPS) is 32.0. The average Bonchev–Trinajstić information content (AvgIpc) is 3.16. The Kier molecular flexibility index (Phi) is 3.71. The number of carbonyl (C=O) groups is 1. The summed E-state index contributed by atoms with van der Waals surface area (Å²) >= 11 is 1.48. The lowest BCUT2D eigenvalue weighted by Crippen LogP contribution is -2.47. The Morgan fingerprint density at radius 3 is 2.86 bits per heavy atom. The summed E-state index contributed by atoms with van der Waals surface area (Å²) < 4.78 is 6.01. The Balaban J connectivity index is 1.36. The van der Waals surface area contributed by atoms with Crippen molar-refractivity contribution in [2.45, 2.75) is 51.3 Å². The number of nitrogens with zero attached hydrogens (tertiary/aromatic N) is 2. The minimum absolute atomic E-state index is 0.0348. The minimum Gasteiger partial charge on any atom is -0.375 e. The number of rotatable bonds is 3. The molecule has 1 saturated carbocycles. The second-order valence-electron chi connectivity index (χ2n) is 6.87. The molecule has 0 bridgehead atoms. The van der Waals surface area contributed by atoms with Crippen LogP contribution < -0.4 is 5.32 Å². The van der Waals surface area contributed by atoms with E-state index in [2.05, 4.69) is 15.2 Å². The van der Waals surface area contributed by atoms with Crippen LogP contribution >= 0.6 is 11.3 Å². The van der Waals surface area contributed by atoms with E-state index in [1.807, 2.05) is 13.8 Å². The maximum Gasteiger partial charge on any atom is 0.263 e. The summed E-state index contributed by atoms with van der Waals surface area (Å²) in [6, 6.07) is 0.713. The Bertz CT molecular complexity index is 584. The monoisotopic (exact) mass is 321 g/mol. The van der Waals surface area contributed by atoms with Crippen molar-refractivity contribution in [1.82, 2.24) is 15.2 Å². The van der Waals surface area contributed by atoms with Gasteiger partial charge in [-0.15, -0.1) is 11.3 Å². The number of aromatic nitrogens is 1. The van der Waals surface area contributed by atoms with Gasteiger partial charge in [-0.1, -0.05) is 0 Å². The number of ether oxygens (including phenoxy) is 1. The van der Waals surface area contributed by atoms with Crippen LogP contribution in [-0.4, -0.2) is 53.7 Å². The van der Waals surface area contributed by atoms with Crippen LogP contribution in [0.4, 0.5) is 0 Å². The molecule has 3 fully saturated rings. The summed E-state index contributed by atoms with van der Waals surface area (Å²) in [5, 5.41) is 4.15. The zero-order valence-electron chi connectivity index (χ0n) is 13.2. The zero-order valence-corrected chi connectivity index (χ0v) is 14.0. The molecule has 120 valence electrons. The topological polar surface area (TPSA) is 54.5 Å². The largest absolute Gasteiger partial charge is 0.375 e. The minimum atomic E-state index is 0.0348. The van der Waals surface area contributed by atoms with Gasteiger partial charge in [0.1, 0.15) is 4.88 Å². The highest BCUT2D eigenvalue weighted by molar-refractivity contribution is 7.13. The number of nitrogens with one attached hydrogen (secondary N) is 1. The quantitative estimate of drug-likeness (QED) is 0.921. The van der Waals surface area contributed by atoms with Crippen molar-refractivity contribution in [3.05, 3.63) is 15.6 Å². The predicted molar refractivity (Wildman–Crippen MR) is 85.3 cm³/mol. The van der Waals surface area contributed by atoms with Gasteiger partial charge in [-0.3, -0.25) is 9.69 Å². The van der Waals surface area contributed by atoms with Crippen LogP contribution in [-0.2, 0) is 4.74 Å². The van der Waals surface area contributed by atoms with E-state index in [9.17, 15) is 4.79 Å². The highest BCUT2D eigenvalue weighted by atomic mass is 32.1. The smallest absolute Gasteiger partial charge is 0.263 e. The fourth-order valence-corrected chi connectivity index (χ4v) is 4.57. The van der Waals surface area contributed by atoms with Gasteiger partial charge in [-0.25, -0.2) is 4.98 Å². The molecule has 4 rings (SSSR count). The molecular formula is C16H23N3O2S. The van der Waals surface area contributed by atoms with Gasteiger partial charge < -0.3 is 10.1 Å². The van der Waals surface area contributed by atoms with Crippen LogP contribution in [0.25, 0.3) is 0 Å². The van der Waals surface area contributed by atoms with Gasteiger partial charge in [0.2, 0.25) is 0 Å². The van der Waals surface area contributed by atoms with E-state index < -0.39 is 0 Å². The van der Waals surface area contributed by atoms with Crippen LogP contribution in [0.2, 0.25) is 0 Å². The first-order valence-electron chi connectivity index (χ1n) is 8.20. The molecule has 5 nitrogen and oxygen atoms in total. The van der Waals surface area contributed by atoms with Crippen LogP contribution in [0.3, 0.4) is 0 Å². The third kappa shape index (κ3) is 2.79. The van der Waals surface area contributed by atoms with Crippen LogP contribution in [0.5, 0.6) is 0 Å². The number of thiazole rings is 1. The molecule has 2 saturated heterocycles. The van der Waals surface area contributed by atoms with E-state index in [4.69, 9.17) is 4.74 Å². The fraction of sp³-hybridized carbons (Fsp3) is 0.750. The number of morpholine rings is 1. The van der Waals surface area contributed by atoms with Gasteiger partial charge in [-0.05, 0) is 39.0 Å². The molecule has 1 aliphatic carbocycles. The lowest BCUT2D eigenvalue weighted by molar-refractivity contribution is -0.0581. The molecule has 1 aromatic rings. The number of carbonyl (C=O) groups excluding carboxylic acids is 1. The summed E-state index contributed by atoms with van der Waals surface area (Å²) in [5.41, 5.74) is 0.841. The highest BCUT2D eigenvalue weighted by Crippen LogP contribution is 2.37. The molecule has 0 spiro atoms. The number of hydrogen-bond donors (Lipinski definition) is 1. The van der Waals surface area contributed by atoms with Crippen molar-refractivity contribution in [2.75, 3.05) is 19.7 Å². The molecule has 2 aliphatic heterocycles. The first-order chi connectivity index (χ1) is 10.6. The van der Waals surface area contributed by atoms with Crippen molar-refractivity contribution in [3.8, 4) is 0 Å². The van der Waals surface area contributed by atoms with E-state index in [-0.39, 0.29) is 11.9 Å². The molecule has 0 radical (unpaired) electrons. The number of hydrogen-bond acceptors (Lipinski definition) is 5. The average molecular weight is 321 g/mol. The molecule has 3 aliphatic rings. The van der Waals surface area contributed by atoms with Crippen LogP contribution in [0.15, 0.2) is 0 Å². The van der Waals surface area contributed by atoms with E-state index in [0.717, 1.165) is 47.6 Å². The zero-order chi connectivity index (χ0) is 15.3. The van der Waals surface area contributed by atoms with Gasteiger partial charge in [-0.2, -0.15) is 0 Å². The van der Waals surface area contributed by atoms with Crippen molar-refractivity contribution >= 4 is 17.2 Å². The Labute approximate surface area is 135 Å². The SMILES string of the molecule is Cc1nc(C)c(C(=O)NC2CC3COC(C4CC4)CN3C2)s1. The predicted octanol–water partition coefficient (Wildman–Crippen LogP) is 1.74. The summed E-state index contributed by atoms with van der Waals surface area (Å²) in [5.74, 6) is 0.824. The maximum absolute atomic E-state index is 12.4. The molecule has 1 N–H and O–H groups in total. The van der Waals surface area contributed by atoms with Crippen molar-refractivity contribution in [3.63, 3.8) is 0 Å². The van der Waals surface area contributed by atoms with Crippen LogP contribution in [0.1, 0.15) is 39.6 Å². The Hall–Kier alpha value is -0.980. The lowest BCUT2D eigenvalue weighted by atomic mass is 10.1. The van der Waals surface area contributed by atoms with Crippen molar-refractivity contribution in [1.29, 1.82) is 0 Å². The highest BCUT2D eigenvalue weighted by Gasteiger charge is 2.42. The third-order valence-corrected chi connectivity index (χ3v) is 6.11. The molecule has 1 amide bonds. The standard InChI is InChI=1S/C16H23N3O2S/c1-9-15(22-10(2)17-9)16(20)18-12-5-13-8-21-14(11-3-4-11)7-19(13)6-12/h11-14H,3-8H2,1-2H3,(H,18,20). The van der Waals surface area contributed by atoms with Crippen molar-refractivity contribution < 1.29 is 9.53 Å². The molecule has 1 aromatic heterocycles. The summed E-state index contributed by atoms with van der Waals surface area (Å²) in [4.78, 5) is 20.0. The lowest BCUT2D eigenvalue weighted by Gasteiger charge is -2.35. The van der Waals surface area contributed by atoms with Gasteiger partial charge in [0, 0.05) is 25.2 Å². The second-order valence-corrected chi connectivity index (χ2v) is 8.07. The number of amides is 1. The molecule has 6 heteroatoms. The third-order valence-electron chi connectivity index (χ3n) is 5.04. The Morgan fingerprint density at radius 2 is 2.18 bits per heavy atom. The van der Waals surface area contributed by atoms with E-state index in [1.165, 1.54) is 24.2 Å². The fourth-order valence-electron chi connectivity index (χ4n) is 3.75. The Morgan fingerprint density at radius 1 is 1.36 bits per heavy atom. The summed E-state index contributed by atoms with van der Waals surface area (Å²) in [6.07, 6.45) is 4.08. The van der Waals surface area contributed by atoms with Gasteiger partial charge in [0.15, 0.2) is 0 Å². The summed E-state index contributed by atoms with van der Waals surface area (Å²) in [6.45, 7) is 6.68. The van der Waals surface area contributed by atoms with E-state index in [0.29, 0.717) is 12.1 Å². The van der Waals surface area contributed by atoms with Crippen molar-refractivity contribution in [2.24, 2.45) is 5.92 Å². The van der Waals surface area contributed by atoms with Gasteiger partial charge in [0.25, 0.3) is 5.91 Å². The van der Waals surface area contributed by atoms with E-state index >= 15 is 0 Å². The molecule has 22 heavy (non-hydrogen) atoms. The first-order valence-corrected chi connectivity index (χ1v) is 9.02. The maximum atomic E-state index is 12.4. The molecular weight excluding hydrogens is 298 g/mol. The summed E-state index contributed by atoms with van der Waals surface area (Å²) in [7, 11) is 0. The van der Waals surface area contributed by atoms with Crippen LogP contribution in [0, 0.1) is 19.8 Å². The van der Waals surface area contributed by atoms with E-state index in [1.54, 1.807) is 0 Å². The number of fused-ring (bicyclic) bond motifs is 1. The molecule has 3 atom stereocenters. The molecule has 3 heterocycles. The number of aryl methyl sites for hydroxylation is 2. The van der Waals surface area contributed by atoms with Gasteiger partial charge in [0.05, 0.1) is 23.4 Å².